The summed E-state index contributed by atoms with van der Waals surface area (Å²) in [7, 11) is 0. The monoisotopic (exact) mass is 412 g/mol. The summed E-state index contributed by atoms with van der Waals surface area (Å²) >= 11 is 6.27. The number of hydrogen-bond donors (Lipinski definition) is 0. The summed E-state index contributed by atoms with van der Waals surface area (Å²) in [6.45, 7) is 2.00. The van der Waals surface area contributed by atoms with Gasteiger partial charge in [0.05, 0.1) is 25.4 Å². The Morgan fingerprint density at radius 3 is 2.93 bits per heavy atom. The first kappa shape index (κ1) is 19.5. The summed E-state index contributed by atoms with van der Waals surface area (Å²) in [6.07, 6.45) is 2.25. The highest BCUT2D eigenvalue weighted by atomic mass is 35.5. The third-order valence-corrected chi connectivity index (χ3v) is 5.22. The number of nitrogens with zero attached hydrogens (tertiary/aromatic N) is 6. The highest BCUT2D eigenvalue weighted by Gasteiger charge is 2.26. The second-order valence-corrected chi connectivity index (χ2v) is 7.25. The van der Waals surface area contributed by atoms with Gasteiger partial charge in [-0.1, -0.05) is 35.9 Å². The number of rotatable bonds is 6. The summed E-state index contributed by atoms with van der Waals surface area (Å²) in [5.41, 5.74) is 2.77. The number of carbonyl (C=O) groups excluding carboxylic acids is 1. The maximum Gasteiger partial charge on any atom is 0.224 e. The maximum atomic E-state index is 12.6. The number of halogens is 1. The second-order valence-electron chi connectivity index (χ2n) is 6.84. The van der Waals surface area contributed by atoms with Crippen LogP contribution in [0.5, 0.6) is 0 Å². The lowest BCUT2D eigenvalue weighted by molar-refractivity contribution is -0.139. The van der Waals surface area contributed by atoms with Gasteiger partial charge in [0, 0.05) is 30.1 Å². The number of aromatic nitrogens is 5. The van der Waals surface area contributed by atoms with Crippen LogP contribution in [0.25, 0.3) is 0 Å². The SMILES string of the molecule is O=C(CCn1cnnn1)N1CCOC(c2cccc(Cc3ccccc3Cl)n2)C1. The van der Waals surface area contributed by atoms with Crippen molar-refractivity contribution in [2.75, 3.05) is 19.7 Å². The van der Waals surface area contributed by atoms with Gasteiger partial charge in [-0.2, -0.15) is 0 Å². The molecule has 1 aliphatic rings. The number of hydrogen-bond acceptors (Lipinski definition) is 6. The molecular formula is C20H21ClN6O2. The number of ether oxygens (including phenoxy) is 1. The van der Waals surface area contributed by atoms with E-state index in [2.05, 4.69) is 15.5 Å². The number of aryl methyl sites for hydroxylation is 1. The van der Waals surface area contributed by atoms with Gasteiger partial charge in [0.15, 0.2) is 0 Å². The summed E-state index contributed by atoms with van der Waals surface area (Å²) in [5.74, 6) is 0.0565. The van der Waals surface area contributed by atoms with E-state index in [-0.39, 0.29) is 12.0 Å². The molecular weight excluding hydrogens is 392 g/mol. The van der Waals surface area contributed by atoms with Gasteiger partial charge in [-0.25, -0.2) is 4.68 Å². The lowest BCUT2D eigenvalue weighted by atomic mass is 10.1. The van der Waals surface area contributed by atoms with Gasteiger partial charge in [-0.3, -0.25) is 9.78 Å². The van der Waals surface area contributed by atoms with E-state index in [9.17, 15) is 4.79 Å². The minimum Gasteiger partial charge on any atom is -0.368 e. The Morgan fingerprint density at radius 1 is 1.21 bits per heavy atom. The van der Waals surface area contributed by atoms with E-state index < -0.39 is 0 Å². The number of amides is 1. The van der Waals surface area contributed by atoms with Crippen LogP contribution in [-0.4, -0.2) is 55.7 Å². The minimum atomic E-state index is -0.244. The molecule has 8 nitrogen and oxygen atoms in total. The lowest BCUT2D eigenvalue weighted by Gasteiger charge is -2.33. The zero-order valence-electron chi connectivity index (χ0n) is 15.8. The summed E-state index contributed by atoms with van der Waals surface area (Å²) in [6, 6.07) is 13.6. The van der Waals surface area contributed by atoms with E-state index in [0.29, 0.717) is 39.1 Å². The van der Waals surface area contributed by atoms with Crippen molar-refractivity contribution in [1.29, 1.82) is 0 Å². The molecule has 9 heteroatoms. The van der Waals surface area contributed by atoms with Crippen LogP contribution in [0.2, 0.25) is 5.02 Å². The third-order valence-electron chi connectivity index (χ3n) is 4.85. The summed E-state index contributed by atoms with van der Waals surface area (Å²) < 4.78 is 7.45. The Morgan fingerprint density at radius 2 is 2.10 bits per heavy atom. The second kappa shape index (κ2) is 9.11. The Balaban J connectivity index is 1.40. The standard InChI is InChI=1S/C20H21ClN6O2/c21-17-6-2-1-4-15(17)12-16-5-3-7-18(23-16)19-13-26(10-11-29-19)20(28)8-9-27-14-22-24-25-27/h1-7,14,19H,8-13H2. The van der Waals surface area contributed by atoms with Crippen LogP contribution in [0.4, 0.5) is 0 Å². The van der Waals surface area contributed by atoms with Gasteiger partial charge in [0.1, 0.15) is 12.4 Å². The van der Waals surface area contributed by atoms with E-state index in [4.69, 9.17) is 21.3 Å². The molecule has 3 heterocycles. The Kier molecular flexibility index (Phi) is 6.12. The highest BCUT2D eigenvalue weighted by molar-refractivity contribution is 6.31. The fourth-order valence-electron chi connectivity index (χ4n) is 3.32. The van der Waals surface area contributed by atoms with E-state index in [1.807, 2.05) is 47.4 Å². The van der Waals surface area contributed by atoms with Gasteiger partial charge in [0.25, 0.3) is 0 Å². The third kappa shape index (κ3) is 4.96. The highest BCUT2D eigenvalue weighted by Crippen LogP contribution is 2.23. The van der Waals surface area contributed by atoms with E-state index in [1.165, 1.54) is 6.33 Å². The largest absolute Gasteiger partial charge is 0.368 e. The predicted octanol–water partition coefficient (Wildman–Crippen LogP) is 2.30. The molecule has 2 aromatic heterocycles. The first-order valence-electron chi connectivity index (χ1n) is 9.48. The number of morpholine rings is 1. The Hall–Kier alpha value is -2.84. The van der Waals surface area contributed by atoms with Crippen molar-refractivity contribution in [2.24, 2.45) is 0 Å². The molecule has 150 valence electrons. The average molecular weight is 413 g/mol. The van der Waals surface area contributed by atoms with E-state index >= 15 is 0 Å². The van der Waals surface area contributed by atoms with Gasteiger partial charge < -0.3 is 9.64 Å². The van der Waals surface area contributed by atoms with E-state index in [1.54, 1.807) is 4.68 Å². The zero-order chi connectivity index (χ0) is 20.1. The van der Waals surface area contributed by atoms with Crippen LogP contribution in [0.1, 0.15) is 29.5 Å². The minimum absolute atomic E-state index is 0.0565. The zero-order valence-corrected chi connectivity index (χ0v) is 16.6. The molecule has 29 heavy (non-hydrogen) atoms. The number of benzene rings is 1. The fourth-order valence-corrected chi connectivity index (χ4v) is 3.52. The van der Waals surface area contributed by atoms with Crippen LogP contribution in [0.3, 0.4) is 0 Å². The van der Waals surface area contributed by atoms with E-state index in [0.717, 1.165) is 22.0 Å². The first-order chi connectivity index (χ1) is 14.2. The van der Waals surface area contributed by atoms with Crippen molar-refractivity contribution in [3.63, 3.8) is 0 Å². The molecule has 0 aliphatic carbocycles. The van der Waals surface area contributed by atoms with Crippen LogP contribution in [-0.2, 0) is 22.5 Å². The normalized spacial score (nSPS) is 16.7. The molecule has 1 fully saturated rings. The molecule has 1 aliphatic heterocycles. The van der Waals surface area contributed by atoms with Crippen molar-refractivity contribution in [3.8, 4) is 0 Å². The van der Waals surface area contributed by atoms with Gasteiger partial charge >= 0.3 is 0 Å². The molecule has 1 atom stereocenters. The van der Waals surface area contributed by atoms with Gasteiger partial charge in [0.2, 0.25) is 5.91 Å². The van der Waals surface area contributed by atoms with Crippen LogP contribution >= 0.6 is 11.6 Å². The topological polar surface area (TPSA) is 86.0 Å². The molecule has 0 N–H and O–H groups in total. The fraction of sp³-hybridized carbons (Fsp3) is 0.350. The van der Waals surface area contributed by atoms with Crippen molar-refractivity contribution in [2.45, 2.75) is 25.5 Å². The van der Waals surface area contributed by atoms with Crippen molar-refractivity contribution in [1.82, 2.24) is 30.1 Å². The number of tetrazole rings is 1. The van der Waals surface area contributed by atoms with Gasteiger partial charge in [-0.15, -0.1) is 5.10 Å². The molecule has 0 spiro atoms. The molecule has 1 saturated heterocycles. The molecule has 3 aromatic rings. The summed E-state index contributed by atoms with van der Waals surface area (Å²) in [5, 5.41) is 11.7. The Labute approximate surface area is 173 Å². The first-order valence-corrected chi connectivity index (χ1v) is 9.86. The molecule has 1 aromatic carbocycles. The average Bonchev–Trinajstić information content (AvgIpc) is 3.28. The maximum absolute atomic E-state index is 12.6. The smallest absolute Gasteiger partial charge is 0.224 e. The van der Waals surface area contributed by atoms with Crippen molar-refractivity contribution in [3.05, 3.63) is 70.8 Å². The molecule has 0 radical (unpaired) electrons. The molecule has 1 amide bonds. The Bertz CT molecular complexity index is 965. The summed E-state index contributed by atoms with van der Waals surface area (Å²) in [4.78, 5) is 19.2. The van der Waals surface area contributed by atoms with Crippen molar-refractivity contribution >= 4 is 17.5 Å². The molecule has 0 saturated carbocycles. The van der Waals surface area contributed by atoms with Crippen LogP contribution in [0, 0.1) is 0 Å². The van der Waals surface area contributed by atoms with Crippen LogP contribution < -0.4 is 0 Å². The van der Waals surface area contributed by atoms with Gasteiger partial charge in [-0.05, 0) is 34.2 Å². The number of carbonyl (C=O) groups is 1. The lowest BCUT2D eigenvalue weighted by Crippen LogP contribution is -2.42. The quantitative estimate of drug-likeness (QED) is 0.617. The molecule has 0 bridgehead atoms. The molecule has 1 unspecified atom stereocenters. The van der Waals surface area contributed by atoms with Crippen LogP contribution in [0.15, 0.2) is 48.8 Å². The predicted molar refractivity (Wildman–Crippen MR) is 106 cm³/mol. The molecule has 4 rings (SSSR count). The van der Waals surface area contributed by atoms with Crippen molar-refractivity contribution < 1.29 is 9.53 Å². The number of pyridine rings is 1.